The molecule has 3 aliphatic rings. The molecule has 1 aromatic heterocycles. The van der Waals surface area contributed by atoms with E-state index in [0.29, 0.717) is 42.6 Å². The average Bonchev–Trinajstić information content (AvgIpc) is 3.47. The largest absolute Gasteiger partial charge is 0.486 e. The second kappa shape index (κ2) is 7.54. The lowest BCUT2D eigenvalue weighted by atomic mass is 9.93. The fourth-order valence-electron chi connectivity index (χ4n) is 5.43. The number of ether oxygens (including phenoxy) is 2. The third-order valence-electron chi connectivity index (χ3n) is 7.16. The number of hydrogen-bond acceptors (Lipinski definition) is 4. The third-order valence-corrected chi connectivity index (χ3v) is 7.16. The number of carbonyl (C=O) groups is 2. The Hall–Kier alpha value is -3.48. The molecule has 1 fully saturated rings. The van der Waals surface area contributed by atoms with Gasteiger partial charge in [-0.1, -0.05) is 31.0 Å². The summed E-state index contributed by atoms with van der Waals surface area (Å²) in [5.41, 5.74) is 1.07. The number of nitrogens with one attached hydrogen (secondary N) is 1. The van der Waals surface area contributed by atoms with E-state index in [9.17, 15) is 9.59 Å². The van der Waals surface area contributed by atoms with Crippen LogP contribution in [-0.2, 0) is 11.3 Å². The van der Waals surface area contributed by atoms with Gasteiger partial charge >= 0.3 is 0 Å². The summed E-state index contributed by atoms with van der Waals surface area (Å²) in [4.78, 5) is 29.4. The summed E-state index contributed by atoms with van der Waals surface area (Å²) in [6, 6.07) is 15.5. The Morgan fingerprint density at radius 2 is 1.79 bits per heavy atom. The molecule has 0 bridgehead atoms. The average molecular weight is 446 g/mol. The molecule has 0 unspecified atom stereocenters. The first-order valence-electron chi connectivity index (χ1n) is 11.7. The molecule has 3 aromatic rings. The van der Waals surface area contributed by atoms with Crippen molar-refractivity contribution >= 4 is 28.4 Å². The first kappa shape index (κ1) is 20.1. The van der Waals surface area contributed by atoms with E-state index in [1.54, 1.807) is 4.90 Å². The highest BCUT2D eigenvalue weighted by Crippen LogP contribution is 2.40. The minimum absolute atomic E-state index is 0.124. The Balaban J connectivity index is 1.48. The van der Waals surface area contributed by atoms with E-state index >= 15 is 0 Å². The first-order valence-corrected chi connectivity index (χ1v) is 11.7. The van der Waals surface area contributed by atoms with Crippen molar-refractivity contribution in [3.8, 4) is 11.5 Å². The highest BCUT2D eigenvalue weighted by molar-refractivity contribution is 6.14. The van der Waals surface area contributed by atoms with Crippen molar-refractivity contribution in [2.75, 3.05) is 18.1 Å². The van der Waals surface area contributed by atoms with Gasteiger partial charge in [-0.15, -0.1) is 0 Å². The molecule has 1 atom stereocenters. The highest BCUT2D eigenvalue weighted by Gasteiger charge is 2.49. The Labute approximate surface area is 192 Å². The molecular formula is C26H27N3O4. The Kier molecular flexibility index (Phi) is 4.60. The van der Waals surface area contributed by atoms with Crippen molar-refractivity contribution in [1.29, 1.82) is 0 Å². The van der Waals surface area contributed by atoms with Crippen LogP contribution in [0.2, 0.25) is 0 Å². The fourth-order valence-corrected chi connectivity index (χ4v) is 5.43. The lowest BCUT2D eigenvalue weighted by Gasteiger charge is -2.44. The van der Waals surface area contributed by atoms with Crippen LogP contribution in [-0.4, -0.2) is 41.2 Å². The van der Waals surface area contributed by atoms with Crippen LogP contribution >= 0.6 is 0 Å². The second-order valence-electron chi connectivity index (χ2n) is 9.37. The maximum Gasteiger partial charge on any atom is 0.275 e. The SMILES string of the molecule is C[C@@]1(C(=O)NC2CCCC2)Cn2c(cc3ccccc32)C(=O)N1c1ccc2c(c1)OCCO2. The molecular weight excluding hydrogens is 418 g/mol. The summed E-state index contributed by atoms with van der Waals surface area (Å²) in [5.74, 6) is 0.927. The Bertz CT molecular complexity index is 1260. The molecule has 170 valence electrons. The first-order chi connectivity index (χ1) is 16.0. The zero-order chi connectivity index (χ0) is 22.6. The van der Waals surface area contributed by atoms with Crippen molar-refractivity contribution in [3.63, 3.8) is 0 Å². The van der Waals surface area contributed by atoms with E-state index in [2.05, 4.69) is 5.32 Å². The van der Waals surface area contributed by atoms with Gasteiger partial charge in [0.2, 0.25) is 5.91 Å². The molecule has 1 saturated carbocycles. The summed E-state index contributed by atoms with van der Waals surface area (Å²) in [6.07, 6.45) is 4.21. The maximum absolute atomic E-state index is 14.0. The van der Waals surface area contributed by atoms with E-state index in [4.69, 9.17) is 9.47 Å². The zero-order valence-corrected chi connectivity index (χ0v) is 18.7. The van der Waals surface area contributed by atoms with Crippen molar-refractivity contribution in [2.24, 2.45) is 0 Å². The number of fused-ring (bicyclic) bond motifs is 4. The summed E-state index contributed by atoms with van der Waals surface area (Å²) < 4.78 is 13.4. The molecule has 2 aliphatic heterocycles. The fraction of sp³-hybridized carbons (Fsp3) is 0.385. The lowest BCUT2D eigenvalue weighted by molar-refractivity contribution is -0.127. The number of aromatic nitrogens is 1. The molecule has 0 spiro atoms. The van der Waals surface area contributed by atoms with Gasteiger partial charge in [0.15, 0.2) is 11.5 Å². The summed E-state index contributed by atoms with van der Waals surface area (Å²) in [5, 5.41) is 4.23. The molecule has 33 heavy (non-hydrogen) atoms. The molecule has 7 heteroatoms. The van der Waals surface area contributed by atoms with Crippen molar-refractivity contribution < 1.29 is 19.1 Å². The quantitative estimate of drug-likeness (QED) is 0.664. The van der Waals surface area contributed by atoms with Gasteiger partial charge in [-0.05, 0) is 44.0 Å². The van der Waals surface area contributed by atoms with E-state index in [0.717, 1.165) is 36.6 Å². The van der Waals surface area contributed by atoms with Gasteiger partial charge in [0.1, 0.15) is 24.4 Å². The predicted molar refractivity (Wildman–Crippen MR) is 125 cm³/mol. The van der Waals surface area contributed by atoms with Gasteiger partial charge in [-0.25, -0.2) is 0 Å². The van der Waals surface area contributed by atoms with E-state index in [1.165, 1.54) is 0 Å². The number of rotatable bonds is 3. The van der Waals surface area contributed by atoms with Gasteiger partial charge < -0.3 is 19.4 Å². The van der Waals surface area contributed by atoms with Crippen LogP contribution in [0.25, 0.3) is 10.9 Å². The monoisotopic (exact) mass is 445 g/mol. The summed E-state index contributed by atoms with van der Waals surface area (Å²) in [6.45, 7) is 3.19. The molecule has 0 saturated heterocycles. The van der Waals surface area contributed by atoms with Gasteiger partial charge in [-0.2, -0.15) is 0 Å². The molecule has 2 amide bonds. The molecule has 1 aliphatic carbocycles. The van der Waals surface area contributed by atoms with Gasteiger partial charge in [0.25, 0.3) is 5.91 Å². The van der Waals surface area contributed by atoms with Gasteiger partial charge in [-0.3, -0.25) is 14.5 Å². The minimum Gasteiger partial charge on any atom is -0.486 e. The topological polar surface area (TPSA) is 72.8 Å². The lowest BCUT2D eigenvalue weighted by Crippen LogP contribution is -2.65. The van der Waals surface area contributed by atoms with Crippen LogP contribution in [0.4, 0.5) is 5.69 Å². The number of para-hydroxylation sites is 1. The minimum atomic E-state index is -1.10. The van der Waals surface area contributed by atoms with Crippen LogP contribution in [0.1, 0.15) is 43.1 Å². The number of carbonyl (C=O) groups excluding carboxylic acids is 2. The number of benzene rings is 2. The van der Waals surface area contributed by atoms with Crippen molar-refractivity contribution in [1.82, 2.24) is 9.88 Å². The predicted octanol–water partition coefficient (Wildman–Crippen LogP) is 3.89. The van der Waals surface area contributed by atoms with Crippen LogP contribution in [0.15, 0.2) is 48.5 Å². The second-order valence-corrected chi connectivity index (χ2v) is 9.37. The number of anilines is 1. The number of nitrogens with zero attached hydrogens (tertiary/aromatic N) is 2. The standard InChI is InChI=1S/C26H27N3O4/c1-26(25(31)27-18-7-3-4-8-18)16-28-20-9-5-2-6-17(20)14-21(28)24(30)29(26)19-10-11-22-23(15-19)33-13-12-32-22/h2,5-6,9-11,14-15,18H,3-4,7-8,12-13,16H2,1H3,(H,27,31)/t26-/m0/s1. The van der Waals surface area contributed by atoms with Crippen LogP contribution < -0.4 is 19.7 Å². The van der Waals surface area contributed by atoms with Crippen LogP contribution in [0.5, 0.6) is 11.5 Å². The highest BCUT2D eigenvalue weighted by atomic mass is 16.6. The number of hydrogen-bond donors (Lipinski definition) is 1. The molecule has 6 rings (SSSR count). The Morgan fingerprint density at radius 3 is 2.61 bits per heavy atom. The number of amides is 2. The van der Waals surface area contributed by atoms with Gasteiger partial charge in [0, 0.05) is 28.7 Å². The van der Waals surface area contributed by atoms with Crippen LogP contribution in [0.3, 0.4) is 0 Å². The smallest absolute Gasteiger partial charge is 0.275 e. The van der Waals surface area contributed by atoms with Crippen molar-refractivity contribution in [3.05, 3.63) is 54.2 Å². The third kappa shape index (κ3) is 3.17. The molecule has 0 radical (unpaired) electrons. The van der Waals surface area contributed by atoms with E-state index < -0.39 is 5.54 Å². The molecule has 1 N–H and O–H groups in total. The van der Waals surface area contributed by atoms with Crippen molar-refractivity contribution in [2.45, 2.75) is 50.7 Å². The normalized spacial score (nSPS) is 22.5. The summed E-state index contributed by atoms with van der Waals surface area (Å²) >= 11 is 0. The van der Waals surface area contributed by atoms with E-state index in [-0.39, 0.29) is 17.9 Å². The van der Waals surface area contributed by atoms with Crippen LogP contribution in [0, 0.1) is 0 Å². The molecule has 2 aromatic carbocycles. The van der Waals surface area contributed by atoms with E-state index in [1.807, 2.05) is 60.0 Å². The summed E-state index contributed by atoms with van der Waals surface area (Å²) in [7, 11) is 0. The molecule has 3 heterocycles. The maximum atomic E-state index is 14.0. The Morgan fingerprint density at radius 1 is 1.03 bits per heavy atom. The van der Waals surface area contributed by atoms with Gasteiger partial charge in [0.05, 0.1) is 6.54 Å². The molecule has 7 nitrogen and oxygen atoms in total. The zero-order valence-electron chi connectivity index (χ0n) is 18.7.